The number of fused-ring (bicyclic) bond motifs is 1. The van der Waals surface area contributed by atoms with Gasteiger partial charge >= 0.3 is 5.97 Å². The minimum Gasteiger partial charge on any atom is -0.480 e. The molecule has 0 aliphatic carbocycles. The Kier molecular flexibility index (Phi) is 4.26. The molecule has 21 heavy (non-hydrogen) atoms. The molecule has 0 aliphatic rings. The largest absolute Gasteiger partial charge is 0.480 e. The van der Waals surface area contributed by atoms with Crippen molar-refractivity contribution in [1.82, 2.24) is 14.7 Å². The number of carboxylic acid groups (broad SMARTS) is 1. The van der Waals surface area contributed by atoms with Crippen molar-refractivity contribution < 1.29 is 14.7 Å². The van der Waals surface area contributed by atoms with Gasteiger partial charge in [-0.1, -0.05) is 18.2 Å². The lowest BCUT2D eigenvalue weighted by atomic mass is 10.1. The van der Waals surface area contributed by atoms with Crippen LogP contribution in [-0.4, -0.2) is 44.3 Å². The van der Waals surface area contributed by atoms with Gasteiger partial charge in [0.15, 0.2) is 0 Å². The van der Waals surface area contributed by atoms with Crippen molar-refractivity contribution in [2.75, 3.05) is 6.54 Å². The first-order valence-electron chi connectivity index (χ1n) is 6.82. The highest BCUT2D eigenvalue weighted by Crippen LogP contribution is 2.18. The fraction of sp³-hybridized carbons (Fsp3) is 0.400. The second-order valence-corrected chi connectivity index (χ2v) is 5.27. The topological polar surface area (TPSA) is 75.4 Å². The molecule has 1 aromatic heterocycles. The summed E-state index contributed by atoms with van der Waals surface area (Å²) in [5, 5.41) is 14.2. The number of para-hydroxylation sites is 1. The van der Waals surface area contributed by atoms with Gasteiger partial charge in [0, 0.05) is 18.5 Å². The summed E-state index contributed by atoms with van der Waals surface area (Å²) < 4.78 is 1.73. The number of rotatable bonds is 5. The maximum atomic E-state index is 12.4. The Hall–Kier alpha value is -2.37. The number of carbonyl (C=O) groups excluding carboxylic acids is 1. The molecule has 0 radical (unpaired) electrons. The molecule has 2 rings (SSSR count). The molecule has 0 saturated heterocycles. The molecule has 0 aliphatic heterocycles. The van der Waals surface area contributed by atoms with Gasteiger partial charge in [0.05, 0.1) is 17.6 Å². The Balaban J connectivity index is 2.26. The normalized spacial score (nSPS) is 11.0. The van der Waals surface area contributed by atoms with Crippen molar-refractivity contribution >= 4 is 22.8 Å². The molecule has 2 aromatic rings. The zero-order chi connectivity index (χ0) is 15.6. The zero-order valence-corrected chi connectivity index (χ0v) is 12.4. The number of carbonyl (C=O) groups is 2. The van der Waals surface area contributed by atoms with E-state index >= 15 is 0 Å². The van der Waals surface area contributed by atoms with E-state index in [0.717, 1.165) is 10.9 Å². The van der Waals surface area contributed by atoms with Gasteiger partial charge in [0.1, 0.15) is 6.54 Å². The lowest BCUT2D eigenvalue weighted by Gasteiger charge is -2.24. The van der Waals surface area contributed by atoms with E-state index in [0.29, 0.717) is 5.69 Å². The summed E-state index contributed by atoms with van der Waals surface area (Å²) in [6.07, 6.45) is 0.104. The maximum Gasteiger partial charge on any atom is 0.323 e. The average Bonchev–Trinajstić information content (AvgIpc) is 2.73. The Bertz CT molecular complexity index is 676. The fourth-order valence-electron chi connectivity index (χ4n) is 2.37. The van der Waals surface area contributed by atoms with E-state index in [1.807, 2.05) is 31.3 Å². The first kappa shape index (κ1) is 15.0. The fourth-order valence-corrected chi connectivity index (χ4v) is 2.37. The van der Waals surface area contributed by atoms with Crippen molar-refractivity contribution in [3.63, 3.8) is 0 Å². The van der Waals surface area contributed by atoms with Crippen molar-refractivity contribution in [2.24, 2.45) is 7.05 Å². The summed E-state index contributed by atoms with van der Waals surface area (Å²) in [7, 11) is 1.83. The lowest BCUT2D eigenvalue weighted by Crippen LogP contribution is -2.41. The van der Waals surface area contributed by atoms with Gasteiger partial charge in [-0.05, 0) is 19.9 Å². The Morgan fingerprint density at radius 2 is 2.00 bits per heavy atom. The quantitative estimate of drug-likeness (QED) is 0.903. The van der Waals surface area contributed by atoms with E-state index in [1.54, 1.807) is 18.5 Å². The van der Waals surface area contributed by atoms with Crippen LogP contribution in [0.5, 0.6) is 0 Å². The van der Waals surface area contributed by atoms with Gasteiger partial charge in [0.25, 0.3) is 0 Å². The lowest BCUT2D eigenvalue weighted by molar-refractivity contribution is -0.145. The number of benzene rings is 1. The van der Waals surface area contributed by atoms with Crippen LogP contribution in [0.25, 0.3) is 10.9 Å². The van der Waals surface area contributed by atoms with Crippen molar-refractivity contribution in [1.29, 1.82) is 0 Å². The molecule has 6 heteroatoms. The van der Waals surface area contributed by atoms with E-state index in [-0.39, 0.29) is 24.9 Å². The molecule has 1 amide bonds. The zero-order valence-electron chi connectivity index (χ0n) is 12.4. The van der Waals surface area contributed by atoms with Crippen molar-refractivity contribution in [2.45, 2.75) is 26.3 Å². The van der Waals surface area contributed by atoms with E-state index < -0.39 is 5.97 Å². The van der Waals surface area contributed by atoms with Crippen LogP contribution in [-0.2, 0) is 23.1 Å². The number of hydrogen-bond donors (Lipinski definition) is 1. The van der Waals surface area contributed by atoms with Crippen LogP contribution >= 0.6 is 0 Å². The first-order chi connectivity index (χ1) is 9.90. The molecule has 0 unspecified atom stereocenters. The number of carboxylic acids is 1. The van der Waals surface area contributed by atoms with Gasteiger partial charge in [0.2, 0.25) is 5.91 Å². The van der Waals surface area contributed by atoms with Gasteiger partial charge in [-0.3, -0.25) is 14.3 Å². The predicted octanol–water partition coefficient (Wildman–Crippen LogP) is 1.44. The second-order valence-electron chi connectivity index (χ2n) is 5.27. The summed E-state index contributed by atoms with van der Waals surface area (Å²) in [6.45, 7) is 3.32. The molecule has 0 spiro atoms. The van der Waals surface area contributed by atoms with E-state index in [9.17, 15) is 9.59 Å². The minimum atomic E-state index is -1.01. The molecule has 0 bridgehead atoms. The summed E-state index contributed by atoms with van der Waals surface area (Å²) in [5.41, 5.74) is 1.63. The molecule has 6 nitrogen and oxygen atoms in total. The molecule has 1 heterocycles. The highest BCUT2D eigenvalue weighted by Gasteiger charge is 2.22. The van der Waals surface area contributed by atoms with E-state index in [4.69, 9.17) is 5.11 Å². The predicted molar refractivity (Wildman–Crippen MR) is 78.9 cm³/mol. The third kappa shape index (κ3) is 3.21. The molecule has 112 valence electrons. The standard InChI is InChI=1S/C15H19N3O3/c1-10(2)18(9-15(20)21)14(19)8-12-11-6-4-5-7-13(11)17(3)16-12/h4-7,10H,8-9H2,1-3H3,(H,20,21). The Morgan fingerprint density at radius 1 is 1.33 bits per heavy atom. The molecular formula is C15H19N3O3. The van der Waals surface area contributed by atoms with E-state index in [1.165, 1.54) is 4.90 Å². The monoisotopic (exact) mass is 289 g/mol. The number of aryl methyl sites for hydroxylation is 1. The summed E-state index contributed by atoms with van der Waals surface area (Å²) in [4.78, 5) is 24.6. The molecule has 0 atom stereocenters. The highest BCUT2D eigenvalue weighted by molar-refractivity contribution is 5.89. The first-order valence-corrected chi connectivity index (χ1v) is 6.82. The Labute approximate surface area is 123 Å². The summed E-state index contributed by atoms with van der Waals surface area (Å²) >= 11 is 0. The third-order valence-corrected chi connectivity index (χ3v) is 3.40. The van der Waals surface area contributed by atoms with Crippen molar-refractivity contribution in [3.05, 3.63) is 30.0 Å². The number of nitrogens with zero attached hydrogens (tertiary/aromatic N) is 3. The van der Waals surface area contributed by atoms with Crippen LogP contribution in [0.3, 0.4) is 0 Å². The van der Waals surface area contributed by atoms with Gasteiger partial charge < -0.3 is 10.0 Å². The number of aliphatic carboxylic acids is 1. The smallest absolute Gasteiger partial charge is 0.323 e. The van der Waals surface area contributed by atoms with Crippen LogP contribution in [0.15, 0.2) is 24.3 Å². The average molecular weight is 289 g/mol. The summed E-state index contributed by atoms with van der Waals surface area (Å²) in [6, 6.07) is 7.51. The molecule has 1 N–H and O–H groups in total. The summed E-state index contributed by atoms with van der Waals surface area (Å²) in [5.74, 6) is -1.24. The molecule has 0 fully saturated rings. The third-order valence-electron chi connectivity index (χ3n) is 3.40. The molecular weight excluding hydrogens is 270 g/mol. The number of amides is 1. The van der Waals surface area contributed by atoms with Gasteiger partial charge in [-0.2, -0.15) is 5.10 Å². The Morgan fingerprint density at radius 3 is 2.62 bits per heavy atom. The van der Waals surface area contributed by atoms with Crippen LogP contribution in [0, 0.1) is 0 Å². The number of aromatic nitrogens is 2. The minimum absolute atomic E-state index is 0.104. The van der Waals surface area contributed by atoms with Crippen LogP contribution in [0.2, 0.25) is 0 Å². The SMILES string of the molecule is CC(C)N(CC(=O)O)C(=O)Cc1nn(C)c2ccccc12. The molecule has 0 saturated carbocycles. The van der Waals surface area contributed by atoms with Crippen molar-refractivity contribution in [3.8, 4) is 0 Å². The molecule has 1 aromatic carbocycles. The van der Waals surface area contributed by atoms with E-state index in [2.05, 4.69) is 5.10 Å². The number of hydrogen-bond acceptors (Lipinski definition) is 3. The maximum absolute atomic E-state index is 12.4. The van der Waals surface area contributed by atoms with Gasteiger partial charge in [-0.15, -0.1) is 0 Å². The highest BCUT2D eigenvalue weighted by atomic mass is 16.4. The van der Waals surface area contributed by atoms with Crippen LogP contribution < -0.4 is 0 Å². The second kappa shape index (κ2) is 5.95. The van der Waals surface area contributed by atoms with Gasteiger partial charge in [-0.25, -0.2) is 0 Å². The van der Waals surface area contributed by atoms with Crippen LogP contribution in [0.1, 0.15) is 19.5 Å². The van der Waals surface area contributed by atoms with Crippen LogP contribution in [0.4, 0.5) is 0 Å².